The van der Waals surface area contributed by atoms with Crippen molar-refractivity contribution in [2.45, 2.75) is 17.7 Å². The van der Waals surface area contributed by atoms with E-state index in [9.17, 15) is 17.6 Å². The molecule has 1 heterocycles. The number of amides is 1. The highest BCUT2D eigenvalue weighted by Gasteiger charge is 2.25. The summed E-state index contributed by atoms with van der Waals surface area (Å²) in [7, 11) is -3.79. The summed E-state index contributed by atoms with van der Waals surface area (Å²) in [5, 5.41) is 0. The van der Waals surface area contributed by atoms with E-state index in [4.69, 9.17) is 5.73 Å². The van der Waals surface area contributed by atoms with Gasteiger partial charge in [0.1, 0.15) is 5.82 Å². The van der Waals surface area contributed by atoms with Gasteiger partial charge in [-0.25, -0.2) is 12.8 Å². The first kappa shape index (κ1) is 22.1. The maximum Gasteiger partial charge on any atom is 0.261 e. The molecule has 1 aliphatic rings. The second-order valence-electron chi connectivity index (χ2n) is 6.66. The third-order valence-electron chi connectivity index (χ3n) is 4.66. The van der Waals surface area contributed by atoms with Gasteiger partial charge >= 0.3 is 0 Å². The fraction of sp³-hybridized carbons (Fsp3) is 0.316. The smallest absolute Gasteiger partial charge is 0.261 e. The number of nitrogens with two attached hydrogens (primary N) is 1. The van der Waals surface area contributed by atoms with Crippen LogP contribution in [0.4, 0.5) is 10.1 Å². The molecular formula is C19H23ClFN3O3S. The van der Waals surface area contributed by atoms with Crippen molar-refractivity contribution in [1.82, 2.24) is 4.90 Å². The summed E-state index contributed by atoms with van der Waals surface area (Å²) in [5.74, 6) is -0.0819. The highest BCUT2D eigenvalue weighted by Crippen LogP contribution is 2.19. The van der Waals surface area contributed by atoms with Crippen LogP contribution in [0.5, 0.6) is 0 Å². The van der Waals surface area contributed by atoms with Gasteiger partial charge in [-0.2, -0.15) is 0 Å². The lowest BCUT2D eigenvalue weighted by Gasteiger charge is -2.16. The molecule has 6 nitrogen and oxygen atoms in total. The number of nitrogens with one attached hydrogen (secondary N) is 1. The van der Waals surface area contributed by atoms with Gasteiger partial charge in [0.2, 0.25) is 5.91 Å². The summed E-state index contributed by atoms with van der Waals surface area (Å²) in [6, 6.07) is 11.2. The summed E-state index contributed by atoms with van der Waals surface area (Å²) in [5.41, 5.74) is 6.83. The van der Waals surface area contributed by atoms with Gasteiger partial charge in [-0.05, 0) is 60.8 Å². The van der Waals surface area contributed by atoms with Gasteiger partial charge in [-0.1, -0.05) is 12.1 Å². The predicted octanol–water partition coefficient (Wildman–Crippen LogP) is 2.40. The standard InChI is InChI=1S/C19H22FN3O3S.ClH/c20-16-3-7-18(8-4-16)27(25,26)22-17-5-1-14(2-6-17)11-19(24)23-10-9-15(12-21)13-23;/h1-8,15,22H,9-13,21H2;1H. The average Bonchev–Trinajstić information content (AvgIpc) is 3.13. The summed E-state index contributed by atoms with van der Waals surface area (Å²) in [6.45, 7) is 2.02. The quantitative estimate of drug-likeness (QED) is 0.740. The van der Waals surface area contributed by atoms with Crippen LogP contribution in [0.3, 0.4) is 0 Å². The fourth-order valence-corrected chi connectivity index (χ4v) is 4.12. The van der Waals surface area contributed by atoms with E-state index in [1.165, 1.54) is 12.1 Å². The number of anilines is 1. The van der Waals surface area contributed by atoms with Crippen LogP contribution in [0, 0.1) is 11.7 Å². The third kappa shape index (κ3) is 5.43. The molecule has 9 heteroatoms. The monoisotopic (exact) mass is 427 g/mol. The number of nitrogens with zero attached hydrogens (tertiary/aromatic N) is 1. The number of halogens is 2. The van der Waals surface area contributed by atoms with Crippen molar-refractivity contribution in [1.29, 1.82) is 0 Å². The van der Waals surface area contributed by atoms with Crippen molar-refractivity contribution in [2.24, 2.45) is 11.7 Å². The minimum absolute atomic E-state index is 0. The van der Waals surface area contributed by atoms with Gasteiger partial charge in [-0.15, -0.1) is 12.4 Å². The number of carbonyl (C=O) groups is 1. The normalized spacial score (nSPS) is 16.5. The number of carbonyl (C=O) groups excluding carboxylic acids is 1. The van der Waals surface area contributed by atoms with E-state index < -0.39 is 15.8 Å². The molecule has 1 aliphatic heterocycles. The first-order valence-electron chi connectivity index (χ1n) is 8.72. The molecule has 2 aromatic rings. The van der Waals surface area contributed by atoms with Crippen molar-refractivity contribution >= 4 is 34.0 Å². The zero-order valence-electron chi connectivity index (χ0n) is 15.2. The van der Waals surface area contributed by atoms with E-state index in [0.717, 1.165) is 30.7 Å². The Kier molecular flexibility index (Phi) is 7.40. The van der Waals surface area contributed by atoms with Gasteiger partial charge in [0.05, 0.1) is 11.3 Å². The van der Waals surface area contributed by atoms with E-state index in [0.29, 0.717) is 24.7 Å². The maximum absolute atomic E-state index is 13.0. The van der Waals surface area contributed by atoms with Gasteiger partial charge in [0.15, 0.2) is 0 Å². The number of likely N-dealkylation sites (tertiary alicyclic amines) is 1. The van der Waals surface area contributed by atoms with Crippen molar-refractivity contribution in [3.63, 3.8) is 0 Å². The molecular weight excluding hydrogens is 405 g/mol. The Hall–Kier alpha value is -2.16. The maximum atomic E-state index is 13.0. The van der Waals surface area contributed by atoms with Crippen LogP contribution in [0.15, 0.2) is 53.4 Å². The van der Waals surface area contributed by atoms with Gasteiger partial charge in [0.25, 0.3) is 10.0 Å². The Morgan fingerprint density at radius 2 is 1.79 bits per heavy atom. The van der Waals surface area contributed by atoms with Gasteiger partial charge < -0.3 is 10.6 Å². The molecule has 1 amide bonds. The van der Waals surface area contributed by atoms with Crippen molar-refractivity contribution in [3.8, 4) is 0 Å². The average molecular weight is 428 g/mol. The van der Waals surface area contributed by atoms with Crippen molar-refractivity contribution in [3.05, 3.63) is 59.9 Å². The molecule has 152 valence electrons. The molecule has 1 saturated heterocycles. The van der Waals surface area contributed by atoms with Crippen LogP contribution in [0.25, 0.3) is 0 Å². The molecule has 28 heavy (non-hydrogen) atoms. The molecule has 3 rings (SSSR count). The molecule has 0 aliphatic carbocycles. The lowest BCUT2D eigenvalue weighted by atomic mass is 10.1. The van der Waals surface area contributed by atoms with Crippen LogP contribution in [-0.2, 0) is 21.2 Å². The molecule has 1 unspecified atom stereocenters. The minimum Gasteiger partial charge on any atom is -0.342 e. The Bertz CT molecular complexity index is 905. The van der Waals surface area contributed by atoms with Crippen molar-refractivity contribution < 1.29 is 17.6 Å². The molecule has 0 spiro atoms. The van der Waals surface area contributed by atoms with Gasteiger partial charge in [0, 0.05) is 18.8 Å². The summed E-state index contributed by atoms with van der Waals surface area (Å²) < 4.78 is 40.0. The van der Waals surface area contributed by atoms with Crippen LogP contribution < -0.4 is 10.5 Å². The largest absolute Gasteiger partial charge is 0.342 e. The SMILES string of the molecule is Cl.NCC1CCN(C(=O)Cc2ccc(NS(=O)(=O)c3ccc(F)cc3)cc2)C1. The fourth-order valence-electron chi connectivity index (χ4n) is 3.06. The Morgan fingerprint density at radius 1 is 1.14 bits per heavy atom. The van der Waals surface area contributed by atoms with Crippen molar-refractivity contribution in [2.75, 3.05) is 24.4 Å². The van der Waals surface area contributed by atoms with E-state index in [1.807, 2.05) is 4.90 Å². The molecule has 0 aromatic heterocycles. The van der Waals surface area contributed by atoms with E-state index >= 15 is 0 Å². The van der Waals surface area contributed by atoms with E-state index in [1.54, 1.807) is 24.3 Å². The number of rotatable bonds is 6. The number of benzene rings is 2. The first-order chi connectivity index (χ1) is 12.9. The summed E-state index contributed by atoms with van der Waals surface area (Å²) in [6.07, 6.45) is 1.20. The molecule has 0 radical (unpaired) electrons. The van der Waals surface area contributed by atoms with Gasteiger partial charge in [-0.3, -0.25) is 9.52 Å². The van der Waals surface area contributed by atoms with Crippen LogP contribution in [-0.4, -0.2) is 38.9 Å². The third-order valence-corrected chi connectivity index (χ3v) is 6.05. The second kappa shape index (κ2) is 9.36. The van der Waals surface area contributed by atoms with Crippen LogP contribution in [0.1, 0.15) is 12.0 Å². The molecule has 2 aromatic carbocycles. The molecule has 0 bridgehead atoms. The Balaban J connectivity index is 0.00000280. The molecule has 1 atom stereocenters. The lowest BCUT2D eigenvalue weighted by Crippen LogP contribution is -2.31. The zero-order valence-corrected chi connectivity index (χ0v) is 16.8. The topological polar surface area (TPSA) is 92.5 Å². The number of hydrogen-bond acceptors (Lipinski definition) is 4. The number of hydrogen-bond donors (Lipinski definition) is 2. The molecule has 3 N–H and O–H groups in total. The summed E-state index contributed by atoms with van der Waals surface area (Å²) in [4.78, 5) is 14.1. The van der Waals surface area contributed by atoms with Crippen LogP contribution in [0.2, 0.25) is 0 Å². The second-order valence-corrected chi connectivity index (χ2v) is 8.35. The van der Waals surface area contributed by atoms with Crippen LogP contribution >= 0.6 is 12.4 Å². The highest BCUT2D eigenvalue weighted by atomic mass is 35.5. The first-order valence-corrected chi connectivity index (χ1v) is 10.2. The highest BCUT2D eigenvalue weighted by molar-refractivity contribution is 7.92. The Labute approximate surface area is 170 Å². The van der Waals surface area contributed by atoms with E-state index in [-0.39, 0.29) is 29.6 Å². The lowest BCUT2D eigenvalue weighted by molar-refractivity contribution is -0.129. The Morgan fingerprint density at radius 3 is 2.36 bits per heavy atom. The number of sulfonamides is 1. The molecule has 1 fully saturated rings. The summed E-state index contributed by atoms with van der Waals surface area (Å²) >= 11 is 0. The minimum atomic E-state index is -3.79. The predicted molar refractivity (Wildman–Crippen MR) is 108 cm³/mol. The van der Waals surface area contributed by atoms with E-state index in [2.05, 4.69) is 4.72 Å². The zero-order chi connectivity index (χ0) is 19.4. The molecule has 0 saturated carbocycles.